The lowest BCUT2D eigenvalue weighted by Gasteiger charge is -2.22. The number of hydrogen-bond donors (Lipinski definition) is 0. The Morgan fingerprint density at radius 1 is 0.885 bits per heavy atom. The van der Waals surface area contributed by atoms with Crippen molar-refractivity contribution in [3.05, 3.63) is 64.8 Å². The predicted octanol–water partition coefficient (Wildman–Crippen LogP) is 6.37. The molecule has 0 saturated heterocycles. The van der Waals surface area contributed by atoms with Gasteiger partial charge in [0.25, 0.3) is 0 Å². The molecule has 0 fully saturated rings. The van der Waals surface area contributed by atoms with Crippen molar-refractivity contribution in [1.82, 2.24) is 0 Å². The third-order valence-electron chi connectivity index (χ3n) is 5.59. The van der Waals surface area contributed by atoms with E-state index in [0.717, 1.165) is 0 Å². The lowest BCUT2D eigenvalue weighted by molar-refractivity contribution is -0.659. The molecule has 0 spiro atoms. The summed E-state index contributed by atoms with van der Waals surface area (Å²) in [6.07, 6.45) is 2.26. The van der Waals surface area contributed by atoms with Gasteiger partial charge in [-0.05, 0) is 65.0 Å². The van der Waals surface area contributed by atoms with E-state index < -0.39 is 0 Å². The largest absolute Gasteiger partial charge is 0.213 e. The number of hydrogen-bond acceptors (Lipinski definition) is 0. The molecule has 0 aliphatic carbocycles. The minimum Gasteiger partial charge on any atom is -0.200 e. The minimum atomic E-state index is 0.146. The van der Waals surface area contributed by atoms with Gasteiger partial charge < -0.3 is 0 Å². The summed E-state index contributed by atoms with van der Waals surface area (Å²) >= 11 is 0. The van der Waals surface area contributed by atoms with Crippen LogP contribution in [-0.4, -0.2) is 0 Å². The molecule has 0 bridgehead atoms. The van der Waals surface area contributed by atoms with E-state index in [1.54, 1.807) is 0 Å². The van der Waals surface area contributed by atoms with Gasteiger partial charge >= 0.3 is 0 Å². The second-order valence-corrected chi connectivity index (χ2v) is 9.03. The van der Waals surface area contributed by atoms with E-state index in [9.17, 15) is 0 Å². The standard InChI is InChI=1S/C25H32N/c1-16(2)19-9-10-20-15-26(8)24(13-21(20)12-19)23-14-22(25(5,6)7)11-17(3)18(23)4/h9-16H,1-8H3/q+1. The fraction of sp³-hybridized carbons (Fsp3) is 0.400. The zero-order chi connectivity index (χ0) is 19.2. The van der Waals surface area contributed by atoms with Crippen LogP contribution in [0.5, 0.6) is 0 Å². The fourth-order valence-corrected chi connectivity index (χ4v) is 3.55. The van der Waals surface area contributed by atoms with Gasteiger partial charge in [0.05, 0.1) is 0 Å². The zero-order valence-electron chi connectivity index (χ0n) is 17.6. The fourth-order valence-electron chi connectivity index (χ4n) is 3.55. The molecule has 0 N–H and O–H groups in total. The molecule has 0 amide bonds. The molecule has 0 aliphatic heterocycles. The quantitative estimate of drug-likeness (QED) is 0.475. The lowest BCUT2D eigenvalue weighted by atomic mass is 9.83. The van der Waals surface area contributed by atoms with Crippen molar-refractivity contribution in [3.8, 4) is 11.3 Å². The highest BCUT2D eigenvalue weighted by Crippen LogP contribution is 2.32. The molecule has 1 heterocycles. The molecule has 1 aromatic heterocycles. The Labute approximate surface area is 158 Å². The number of fused-ring (bicyclic) bond motifs is 1. The van der Waals surface area contributed by atoms with Crippen molar-refractivity contribution >= 4 is 10.8 Å². The van der Waals surface area contributed by atoms with Crippen molar-refractivity contribution in [1.29, 1.82) is 0 Å². The molecule has 26 heavy (non-hydrogen) atoms. The Bertz CT molecular complexity index is 972. The molecule has 0 aliphatic rings. The summed E-state index contributed by atoms with van der Waals surface area (Å²) in [5, 5.41) is 2.62. The monoisotopic (exact) mass is 346 g/mol. The molecule has 3 aromatic rings. The molecule has 136 valence electrons. The van der Waals surface area contributed by atoms with Crippen LogP contribution in [0.1, 0.15) is 62.8 Å². The van der Waals surface area contributed by atoms with Gasteiger partial charge in [-0.25, -0.2) is 4.57 Å². The number of pyridine rings is 1. The van der Waals surface area contributed by atoms with E-state index in [1.807, 2.05) is 0 Å². The molecule has 3 rings (SSSR count). The highest BCUT2D eigenvalue weighted by Gasteiger charge is 2.21. The molecule has 0 saturated carbocycles. The van der Waals surface area contributed by atoms with E-state index in [1.165, 1.54) is 44.3 Å². The molecule has 0 atom stereocenters. The maximum atomic E-state index is 2.38. The van der Waals surface area contributed by atoms with E-state index in [0.29, 0.717) is 5.92 Å². The van der Waals surface area contributed by atoms with Gasteiger partial charge in [0.1, 0.15) is 7.05 Å². The van der Waals surface area contributed by atoms with Gasteiger partial charge in [-0.1, -0.05) is 52.8 Å². The average Bonchev–Trinajstić information content (AvgIpc) is 2.55. The zero-order valence-corrected chi connectivity index (χ0v) is 17.6. The van der Waals surface area contributed by atoms with Gasteiger partial charge in [-0.2, -0.15) is 0 Å². The topological polar surface area (TPSA) is 3.88 Å². The Hall–Kier alpha value is -2.15. The van der Waals surface area contributed by atoms with Gasteiger partial charge in [0, 0.05) is 17.0 Å². The van der Waals surface area contributed by atoms with Crippen LogP contribution in [0.3, 0.4) is 0 Å². The first-order valence-corrected chi connectivity index (χ1v) is 9.63. The summed E-state index contributed by atoms with van der Waals surface area (Å²) in [6.45, 7) is 15.8. The molecule has 0 radical (unpaired) electrons. The second-order valence-electron chi connectivity index (χ2n) is 9.03. The Balaban J connectivity index is 2.27. The minimum absolute atomic E-state index is 0.146. The molecule has 1 nitrogen and oxygen atoms in total. The Morgan fingerprint density at radius 2 is 1.58 bits per heavy atom. The van der Waals surface area contributed by atoms with E-state index >= 15 is 0 Å². The Morgan fingerprint density at radius 3 is 2.19 bits per heavy atom. The number of rotatable bonds is 2. The summed E-state index contributed by atoms with van der Waals surface area (Å²) in [6, 6.07) is 13.9. The van der Waals surface area contributed by atoms with Crippen LogP contribution < -0.4 is 4.57 Å². The maximum absolute atomic E-state index is 2.38. The van der Waals surface area contributed by atoms with E-state index in [4.69, 9.17) is 0 Å². The van der Waals surface area contributed by atoms with Crippen molar-refractivity contribution in [2.45, 2.75) is 59.8 Å². The van der Waals surface area contributed by atoms with Crippen molar-refractivity contribution in [2.75, 3.05) is 0 Å². The second kappa shape index (κ2) is 6.54. The van der Waals surface area contributed by atoms with Gasteiger partial charge in [0.2, 0.25) is 5.69 Å². The van der Waals surface area contributed by atoms with Crippen LogP contribution in [0.4, 0.5) is 0 Å². The van der Waals surface area contributed by atoms with Gasteiger partial charge in [-0.3, -0.25) is 0 Å². The Kier molecular flexibility index (Phi) is 4.69. The maximum Gasteiger partial charge on any atom is 0.213 e. The summed E-state index contributed by atoms with van der Waals surface area (Å²) in [5.74, 6) is 0.546. The van der Waals surface area contributed by atoms with Gasteiger partial charge in [-0.15, -0.1) is 0 Å². The first-order chi connectivity index (χ1) is 12.1. The molecular formula is C25H32N+. The highest BCUT2D eigenvalue weighted by atomic mass is 14.9. The molecule has 0 unspecified atom stereocenters. The SMILES string of the molecule is Cc1cc(C(C)(C)C)cc(-c2cc3cc(C(C)C)ccc3c[n+]2C)c1C. The van der Waals surface area contributed by atoms with Crippen LogP contribution >= 0.6 is 0 Å². The van der Waals surface area contributed by atoms with Crippen molar-refractivity contribution < 1.29 is 4.57 Å². The van der Waals surface area contributed by atoms with Crippen LogP contribution in [0.2, 0.25) is 0 Å². The summed E-state index contributed by atoms with van der Waals surface area (Å²) in [5.41, 5.74) is 8.30. The summed E-state index contributed by atoms with van der Waals surface area (Å²) in [7, 11) is 2.16. The van der Waals surface area contributed by atoms with Crippen LogP contribution in [0.15, 0.2) is 42.6 Å². The number of aryl methyl sites for hydroxylation is 2. The average molecular weight is 347 g/mol. The number of aromatic nitrogens is 1. The molecule has 2 aromatic carbocycles. The molecule has 1 heteroatoms. The van der Waals surface area contributed by atoms with E-state index in [-0.39, 0.29) is 5.41 Å². The van der Waals surface area contributed by atoms with Crippen LogP contribution in [0.25, 0.3) is 22.0 Å². The smallest absolute Gasteiger partial charge is 0.200 e. The predicted molar refractivity (Wildman–Crippen MR) is 113 cm³/mol. The van der Waals surface area contributed by atoms with Crippen molar-refractivity contribution in [3.63, 3.8) is 0 Å². The first kappa shape index (κ1) is 18.6. The van der Waals surface area contributed by atoms with Crippen LogP contribution in [0, 0.1) is 13.8 Å². The first-order valence-electron chi connectivity index (χ1n) is 9.63. The van der Waals surface area contributed by atoms with Gasteiger partial charge in [0.15, 0.2) is 6.20 Å². The summed E-state index contributed by atoms with van der Waals surface area (Å²) in [4.78, 5) is 0. The molecular weight excluding hydrogens is 314 g/mol. The third kappa shape index (κ3) is 3.40. The highest BCUT2D eigenvalue weighted by molar-refractivity contribution is 5.85. The number of benzene rings is 2. The summed E-state index contributed by atoms with van der Waals surface area (Å²) < 4.78 is 2.27. The third-order valence-corrected chi connectivity index (χ3v) is 5.59. The van der Waals surface area contributed by atoms with Crippen molar-refractivity contribution in [2.24, 2.45) is 7.05 Å². The van der Waals surface area contributed by atoms with E-state index in [2.05, 4.69) is 103 Å². The van der Waals surface area contributed by atoms with Crippen LogP contribution in [-0.2, 0) is 12.5 Å². The number of nitrogens with zero attached hydrogens (tertiary/aromatic N) is 1. The lowest BCUT2D eigenvalue weighted by Crippen LogP contribution is -2.31. The normalized spacial score (nSPS) is 12.2.